The minimum atomic E-state index is -0.538. The number of anilines is 1. The van der Waals surface area contributed by atoms with Crippen LogP contribution in [0.4, 0.5) is 5.69 Å². The van der Waals surface area contributed by atoms with Crippen molar-refractivity contribution in [3.05, 3.63) is 89.0 Å². The summed E-state index contributed by atoms with van der Waals surface area (Å²) >= 11 is 0. The van der Waals surface area contributed by atoms with E-state index < -0.39 is 5.91 Å². The average molecular weight is 343 g/mol. The van der Waals surface area contributed by atoms with E-state index in [1.807, 2.05) is 30.3 Å². The van der Waals surface area contributed by atoms with Gasteiger partial charge in [0.25, 0.3) is 5.91 Å². The minimum Gasteiger partial charge on any atom is -0.451 e. The number of nitrogens with zero attached hydrogens (tertiary/aromatic N) is 2. The molecule has 0 aliphatic rings. The number of amides is 1. The molecular formula is C20H13N3O3. The van der Waals surface area contributed by atoms with Gasteiger partial charge in [-0.05, 0) is 12.1 Å². The molecule has 0 fully saturated rings. The van der Waals surface area contributed by atoms with Gasteiger partial charge in [-0.2, -0.15) is 0 Å². The smallest absolute Gasteiger partial charge is 0.291 e. The molecule has 4 aromatic rings. The summed E-state index contributed by atoms with van der Waals surface area (Å²) in [4.78, 5) is 32.9. The van der Waals surface area contributed by atoms with Crippen molar-refractivity contribution in [1.29, 1.82) is 0 Å². The number of aromatic nitrogens is 2. The number of para-hydroxylation sites is 1. The van der Waals surface area contributed by atoms with Crippen molar-refractivity contribution in [1.82, 2.24) is 9.97 Å². The molecule has 126 valence electrons. The number of hydrogen-bond acceptors (Lipinski definition) is 5. The lowest BCUT2D eigenvalue weighted by Crippen LogP contribution is -2.15. The van der Waals surface area contributed by atoms with Gasteiger partial charge in [-0.3, -0.25) is 9.59 Å². The van der Waals surface area contributed by atoms with Crippen molar-refractivity contribution in [2.24, 2.45) is 0 Å². The normalized spacial score (nSPS) is 10.6. The number of benzene rings is 2. The van der Waals surface area contributed by atoms with E-state index in [1.54, 1.807) is 24.3 Å². The highest BCUT2D eigenvalue weighted by Crippen LogP contribution is 2.16. The Hall–Kier alpha value is -3.80. The summed E-state index contributed by atoms with van der Waals surface area (Å²) < 4.78 is 5.52. The topological polar surface area (TPSA) is 85.1 Å². The monoisotopic (exact) mass is 343 g/mol. The third-order valence-corrected chi connectivity index (χ3v) is 3.80. The Kier molecular flexibility index (Phi) is 3.99. The summed E-state index contributed by atoms with van der Waals surface area (Å²) in [6.45, 7) is 0. The second-order valence-electron chi connectivity index (χ2n) is 5.59. The fraction of sp³-hybridized carbons (Fsp3) is 0. The lowest BCUT2D eigenvalue weighted by atomic mass is 10.2. The molecular weight excluding hydrogens is 330 g/mol. The van der Waals surface area contributed by atoms with Crippen molar-refractivity contribution in [3.8, 4) is 11.4 Å². The van der Waals surface area contributed by atoms with Crippen LogP contribution in [0.3, 0.4) is 0 Å². The molecule has 1 N–H and O–H groups in total. The molecule has 2 heterocycles. The van der Waals surface area contributed by atoms with Gasteiger partial charge in [-0.1, -0.05) is 42.5 Å². The van der Waals surface area contributed by atoms with Crippen LogP contribution in [0.5, 0.6) is 0 Å². The molecule has 0 unspecified atom stereocenters. The van der Waals surface area contributed by atoms with Crippen molar-refractivity contribution < 1.29 is 9.21 Å². The fourth-order valence-electron chi connectivity index (χ4n) is 2.54. The zero-order valence-electron chi connectivity index (χ0n) is 13.5. The van der Waals surface area contributed by atoms with Crippen LogP contribution in [0.1, 0.15) is 10.6 Å². The van der Waals surface area contributed by atoms with E-state index in [-0.39, 0.29) is 11.2 Å². The first kappa shape index (κ1) is 15.7. The van der Waals surface area contributed by atoms with Crippen LogP contribution in [-0.4, -0.2) is 15.9 Å². The van der Waals surface area contributed by atoms with Crippen molar-refractivity contribution in [2.75, 3.05) is 5.32 Å². The van der Waals surface area contributed by atoms with Gasteiger partial charge in [0, 0.05) is 11.6 Å². The Bertz CT molecular complexity index is 1140. The summed E-state index contributed by atoms with van der Waals surface area (Å²) in [7, 11) is 0. The second kappa shape index (κ2) is 6.60. The number of rotatable bonds is 3. The van der Waals surface area contributed by atoms with Crippen molar-refractivity contribution >= 4 is 22.6 Å². The third-order valence-electron chi connectivity index (χ3n) is 3.80. The van der Waals surface area contributed by atoms with E-state index in [0.717, 1.165) is 5.56 Å². The number of carbonyl (C=O) groups excluding carboxylic acids is 1. The van der Waals surface area contributed by atoms with E-state index in [1.165, 1.54) is 18.5 Å². The Morgan fingerprint density at radius 2 is 1.62 bits per heavy atom. The van der Waals surface area contributed by atoms with Gasteiger partial charge in [-0.25, -0.2) is 9.97 Å². The molecule has 2 aromatic heterocycles. The highest BCUT2D eigenvalue weighted by molar-refractivity contribution is 6.02. The van der Waals surface area contributed by atoms with Crippen LogP contribution in [0.25, 0.3) is 22.4 Å². The Morgan fingerprint density at radius 1 is 0.923 bits per heavy atom. The second-order valence-corrected chi connectivity index (χ2v) is 5.59. The van der Waals surface area contributed by atoms with E-state index in [4.69, 9.17) is 4.42 Å². The highest BCUT2D eigenvalue weighted by atomic mass is 16.3. The molecule has 0 radical (unpaired) electrons. The van der Waals surface area contributed by atoms with E-state index in [2.05, 4.69) is 15.3 Å². The molecule has 26 heavy (non-hydrogen) atoms. The van der Waals surface area contributed by atoms with Crippen LogP contribution < -0.4 is 10.7 Å². The minimum absolute atomic E-state index is 0.0687. The molecule has 6 heteroatoms. The van der Waals surface area contributed by atoms with Gasteiger partial charge >= 0.3 is 0 Å². The lowest BCUT2D eigenvalue weighted by molar-refractivity contribution is 0.0997. The molecule has 2 aromatic carbocycles. The summed E-state index contributed by atoms with van der Waals surface area (Å²) in [5.74, 6) is -0.0504. The summed E-state index contributed by atoms with van der Waals surface area (Å²) in [5, 5.41) is 3.06. The first-order valence-corrected chi connectivity index (χ1v) is 7.92. The van der Waals surface area contributed by atoms with Crippen LogP contribution in [-0.2, 0) is 0 Å². The quantitative estimate of drug-likeness (QED) is 0.615. The van der Waals surface area contributed by atoms with Gasteiger partial charge in [0.2, 0.25) is 0 Å². The summed E-state index contributed by atoms with van der Waals surface area (Å²) in [6, 6.07) is 17.5. The van der Waals surface area contributed by atoms with Crippen LogP contribution >= 0.6 is 0 Å². The predicted molar refractivity (Wildman–Crippen MR) is 97.9 cm³/mol. The Morgan fingerprint density at radius 3 is 2.38 bits per heavy atom. The predicted octanol–water partition coefficient (Wildman–Crippen LogP) is 3.50. The average Bonchev–Trinajstić information content (AvgIpc) is 2.69. The molecule has 0 saturated carbocycles. The van der Waals surface area contributed by atoms with E-state index >= 15 is 0 Å². The van der Waals surface area contributed by atoms with Crippen LogP contribution in [0.2, 0.25) is 0 Å². The number of carbonyl (C=O) groups is 1. The van der Waals surface area contributed by atoms with Crippen LogP contribution in [0.15, 0.2) is 82.3 Å². The number of nitrogens with one attached hydrogen (secondary N) is 1. The molecule has 0 atom stereocenters. The van der Waals surface area contributed by atoms with E-state index in [9.17, 15) is 9.59 Å². The lowest BCUT2D eigenvalue weighted by Gasteiger charge is -2.06. The zero-order chi connectivity index (χ0) is 17.9. The van der Waals surface area contributed by atoms with Crippen LogP contribution in [0, 0.1) is 0 Å². The number of fused-ring (bicyclic) bond motifs is 1. The maximum Gasteiger partial charge on any atom is 0.291 e. The molecule has 1 amide bonds. The zero-order valence-corrected chi connectivity index (χ0v) is 13.5. The van der Waals surface area contributed by atoms with Gasteiger partial charge in [-0.15, -0.1) is 0 Å². The van der Waals surface area contributed by atoms with Gasteiger partial charge in [0.15, 0.2) is 17.0 Å². The summed E-state index contributed by atoms with van der Waals surface area (Å²) in [6.07, 6.45) is 3.01. The molecule has 0 aliphatic carbocycles. The number of hydrogen-bond donors (Lipinski definition) is 1. The Labute approximate surface area is 148 Å². The third kappa shape index (κ3) is 3.08. The molecule has 0 spiro atoms. The van der Waals surface area contributed by atoms with Gasteiger partial charge in [0.05, 0.1) is 23.5 Å². The first-order valence-electron chi connectivity index (χ1n) is 7.92. The molecule has 0 aliphatic heterocycles. The molecule has 6 nitrogen and oxygen atoms in total. The molecule has 0 saturated heterocycles. The summed E-state index contributed by atoms with van der Waals surface area (Å²) in [5.41, 5.74) is 1.38. The van der Waals surface area contributed by atoms with Gasteiger partial charge in [0.1, 0.15) is 5.58 Å². The first-order chi connectivity index (χ1) is 12.7. The molecule has 0 bridgehead atoms. The van der Waals surface area contributed by atoms with Crippen molar-refractivity contribution in [3.63, 3.8) is 0 Å². The Balaban J connectivity index is 1.58. The van der Waals surface area contributed by atoms with E-state index in [0.29, 0.717) is 22.5 Å². The highest BCUT2D eigenvalue weighted by Gasteiger charge is 2.13. The SMILES string of the molecule is O=C(Nc1cnc(-c2ccccc2)nc1)c1cc(=O)c2ccccc2o1. The molecule has 4 rings (SSSR count). The van der Waals surface area contributed by atoms with Gasteiger partial charge < -0.3 is 9.73 Å². The van der Waals surface area contributed by atoms with Crippen molar-refractivity contribution in [2.45, 2.75) is 0 Å². The largest absolute Gasteiger partial charge is 0.451 e. The fourth-order valence-corrected chi connectivity index (χ4v) is 2.54. The standard InChI is InChI=1S/C20H13N3O3/c24-16-10-18(26-17-9-5-4-8-15(16)17)20(25)23-14-11-21-19(22-12-14)13-6-2-1-3-7-13/h1-12H,(H,23,25). The maximum absolute atomic E-state index is 12.4. The maximum atomic E-state index is 12.4.